The number of anilines is 2. The lowest BCUT2D eigenvalue weighted by molar-refractivity contribution is 0.102. The van der Waals surface area contributed by atoms with E-state index >= 15 is 0 Å². The number of para-hydroxylation sites is 2. The lowest BCUT2D eigenvalue weighted by Crippen LogP contribution is -2.14. The van der Waals surface area contributed by atoms with Gasteiger partial charge in [-0.15, -0.1) is 11.3 Å². The Kier molecular flexibility index (Phi) is 4.91. The fraction of sp³-hybridized carbons (Fsp3) is 0.0833. The van der Waals surface area contributed by atoms with Gasteiger partial charge >= 0.3 is 0 Å². The first-order chi connectivity index (χ1) is 15.5. The quantitative estimate of drug-likeness (QED) is 0.385. The van der Waals surface area contributed by atoms with Crippen molar-refractivity contribution in [2.45, 2.75) is 13.8 Å². The van der Waals surface area contributed by atoms with Gasteiger partial charge in [-0.1, -0.05) is 24.3 Å². The number of nitrogens with zero attached hydrogens (tertiary/aromatic N) is 4. The van der Waals surface area contributed by atoms with Crippen LogP contribution < -0.4 is 11.1 Å². The standard InChI is InChI=1S/C24H20N6OS/c1-14-9-10-16(12-15(14)2)27-24(31)20-21-23(29-19-8-4-3-7-18(19)28-21)30(22(20)25)26-13-17-6-5-11-32-17/h3-13H,25H2,1-2H3,(H,27,31)/b26-13-. The zero-order chi connectivity index (χ0) is 22.2. The first-order valence-corrected chi connectivity index (χ1v) is 10.9. The molecule has 158 valence electrons. The normalized spacial score (nSPS) is 11.6. The number of nitrogen functional groups attached to an aromatic ring is 1. The molecular weight excluding hydrogens is 420 g/mol. The van der Waals surface area contributed by atoms with E-state index in [1.54, 1.807) is 17.6 Å². The summed E-state index contributed by atoms with van der Waals surface area (Å²) in [6, 6.07) is 17.2. The van der Waals surface area contributed by atoms with Crippen LogP contribution in [0.2, 0.25) is 0 Å². The minimum absolute atomic E-state index is 0.185. The van der Waals surface area contributed by atoms with Crippen LogP contribution in [-0.2, 0) is 0 Å². The molecule has 8 heteroatoms. The second kappa shape index (κ2) is 7.90. The van der Waals surface area contributed by atoms with Crippen molar-refractivity contribution in [3.63, 3.8) is 0 Å². The number of carbonyl (C=O) groups excluding carboxylic acids is 1. The summed E-state index contributed by atoms with van der Waals surface area (Å²) >= 11 is 1.55. The largest absolute Gasteiger partial charge is 0.383 e. The molecule has 0 unspecified atom stereocenters. The van der Waals surface area contributed by atoms with Gasteiger partial charge in [0.25, 0.3) is 5.91 Å². The third-order valence-corrected chi connectivity index (χ3v) is 6.12. The number of rotatable bonds is 4. The molecule has 7 nitrogen and oxygen atoms in total. The highest BCUT2D eigenvalue weighted by Gasteiger charge is 2.24. The van der Waals surface area contributed by atoms with Gasteiger partial charge in [0.05, 0.1) is 17.2 Å². The van der Waals surface area contributed by atoms with Crippen molar-refractivity contribution in [1.82, 2.24) is 14.6 Å². The van der Waals surface area contributed by atoms with E-state index in [-0.39, 0.29) is 17.3 Å². The Morgan fingerprint density at radius 1 is 1.06 bits per heavy atom. The third-order valence-electron chi connectivity index (χ3n) is 5.31. The maximum Gasteiger partial charge on any atom is 0.261 e. The molecule has 0 saturated heterocycles. The predicted molar refractivity (Wildman–Crippen MR) is 131 cm³/mol. The van der Waals surface area contributed by atoms with Crippen molar-refractivity contribution in [2.24, 2.45) is 5.10 Å². The first-order valence-electron chi connectivity index (χ1n) is 10.0. The molecule has 0 fully saturated rings. The fourth-order valence-electron chi connectivity index (χ4n) is 3.48. The van der Waals surface area contributed by atoms with E-state index in [4.69, 9.17) is 15.7 Å². The first kappa shape index (κ1) is 19.9. The van der Waals surface area contributed by atoms with E-state index in [0.717, 1.165) is 16.0 Å². The van der Waals surface area contributed by atoms with Crippen LogP contribution in [-0.4, -0.2) is 26.8 Å². The monoisotopic (exact) mass is 440 g/mol. The highest BCUT2D eigenvalue weighted by Crippen LogP contribution is 2.29. The topological polar surface area (TPSA) is 98.2 Å². The molecule has 0 radical (unpaired) electrons. The average molecular weight is 441 g/mol. The van der Waals surface area contributed by atoms with Crippen molar-refractivity contribution in [1.29, 1.82) is 0 Å². The minimum atomic E-state index is -0.356. The summed E-state index contributed by atoms with van der Waals surface area (Å²) in [6.07, 6.45) is 1.70. The Morgan fingerprint density at radius 2 is 1.84 bits per heavy atom. The molecule has 3 aromatic heterocycles. The van der Waals surface area contributed by atoms with Gasteiger partial charge in [-0.25, -0.2) is 9.97 Å². The Labute approximate surface area is 188 Å². The Balaban J connectivity index is 1.66. The molecular formula is C24H20N6OS. The summed E-state index contributed by atoms with van der Waals surface area (Å²) in [4.78, 5) is 23.7. The molecule has 0 bridgehead atoms. The van der Waals surface area contributed by atoms with Crippen molar-refractivity contribution < 1.29 is 4.79 Å². The van der Waals surface area contributed by atoms with Crippen LogP contribution in [0.1, 0.15) is 26.4 Å². The lowest BCUT2D eigenvalue weighted by Gasteiger charge is -2.08. The van der Waals surface area contributed by atoms with Crippen LogP contribution in [0.4, 0.5) is 11.5 Å². The maximum absolute atomic E-state index is 13.3. The van der Waals surface area contributed by atoms with E-state index in [2.05, 4.69) is 10.4 Å². The number of thiophene rings is 1. The molecule has 32 heavy (non-hydrogen) atoms. The van der Waals surface area contributed by atoms with Crippen LogP contribution in [0.5, 0.6) is 0 Å². The maximum atomic E-state index is 13.3. The highest BCUT2D eigenvalue weighted by atomic mass is 32.1. The molecule has 3 heterocycles. The molecule has 0 aliphatic rings. The van der Waals surface area contributed by atoms with Crippen LogP contribution in [0.3, 0.4) is 0 Å². The van der Waals surface area contributed by atoms with E-state index in [1.807, 2.05) is 73.8 Å². The van der Waals surface area contributed by atoms with E-state index in [9.17, 15) is 4.79 Å². The number of amides is 1. The van der Waals surface area contributed by atoms with Crippen molar-refractivity contribution in [2.75, 3.05) is 11.1 Å². The number of hydrogen-bond acceptors (Lipinski definition) is 6. The minimum Gasteiger partial charge on any atom is -0.383 e. The fourth-order valence-corrected chi connectivity index (χ4v) is 4.06. The molecule has 5 rings (SSSR count). The van der Waals surface area contributed by atoms with Gasteiger partial charge in [0, 0.05) is 10.6 Å². The molecule has 0 atom stereocenters. The van der Waals surface area contributed by atoms with E-state index in [1.165, 1.54) is 4.68 Å². The summed E-state index contributed by atoms with van der Waals surface area (Å²) in [5.74, 6) is -0.171. The predicted octanol–water partition coefficient (Wildman–Crippen LogP) is 4.98. The number of fused-ring (bicyclic) bond motifs is 2. The van der Waals surface area contributed by atoms with Crippen LogP contribution in [0.25, 0.3) is 22.2 Å². The summed E-state index contributed by atoms with van der Waals surface area (Å²) in [5, 5.41) is 9.42. The third kappa shape index (κ3) is 3.50. The molecule has 2 aromatic carbocycles. The van der Waals surface area contributed by atoms with E-state index in [0.29, 0.717) is 27.9 Å². The number of nitrogens with one attached hydrogen (secondary N) is 1. The molecule has 1 amide bonds. The van der Waals surface area contributed by atoms with Gasteiger partial charge in [0.1, 0.15) is 16.9 Å². The van der Waals surface area contributed by atoms with Gasteiger partial charge in [0.15, 0.2) is 5.65 Å². The second-order valence-electron chi connectivity index (χ2n) is 7.47. The average Bonchev–Trinajstić information content (AvgIpc) is 3.39. The zero-order valence-electron chi connectivity index (χ0n) is 17.5. The summed E-state index contributed by atoms with van der Waals surface area (Å²) in [7, 11) is 0. The smallest absolute Gasteiger partial charge is 0.261 e. The Morgan fingerprint density at radius 3 is 2.56 bits per heavy atom. The Hall–Kier alpha value is -4.04. The number of carbonyl (C=O) groups is 1. The van der Waals surface area contributed by atoms with Gasteiger partial charge in [-0.3, -0.25) is 4.79 Å². The van der Waals surface area contributed by atoms with Crippen LogP contribution in [0, 0.1) is 13.8 Å². The zero-order valence-corrected chi connectivity index (χ0v) is 18.4. The summed E-state index contributed by atoms with van der Waals surface area (Å²) in [5.41, 5.74) is 11.8. The number of benzene rings is 2. The molecule has 0 saturated carbocycles. The van der Waals surface area contributed by atoms with Gasteiger partial charge in [-0.2, -0.15) is 9.78 Å². The van der Waals surface area contributed by atoms with Gasteiger partial charge < -0.3 is 11.1 Å². The van der Waals surface area contributed by atoms with E-state index < -0.39 is 0 Å². The second-order valence-corrected chi connectivity index (χ2v) is 8.45. The lowest BCUT2D eigenvalue weighted by atomic mass is 10.1. The SMILES string of the molecule is Cc1ccc(NC(=O)c2c(N)n(/N=C\c3cccs3)c3nc4ccccc4nc23)cc1C. The Bertz CT molecular complexity index is 1500. The highest BCUT2D eigenvalue weighted by molar-refractivity contribution is 7.11. The van der Waals surface area contributed by atoms with Crippen molar-refractivity contribution in [3.05, 3.63) is 81.5 Å². The van der Waals surface area contributed by atoms with Crippen molar-refractivity contribution in [3.8, 4) is 0 Å². The number of hydrogen-bond donors (Lipinski definition) is 2. The molecule has 0 aliphatic heterocycles. The number of nitrogens with two attached hydrogens (primary N) is 1. The van der Waals surface area contributed by atoms with Gasteiger partial charge in [0.2, 0.25) is 0 Å². The summed E-state index contributed by atoms with van der Waals surface area (Å²) < 4.78 is 1.48. The van der Waals surface area contributed by atoms with Crippen molar-refractivity contribution >= 4 is 57.2 Å². The van der Waals surface area contributed by atoms with Crippen LogP contribution in [0.15, 0.2) is 65.1 Å². The molecule has 0 aliphatic carbocycles. The van der Waals surface area contributed by atoms with Gasteiger partial charge in [-0.05, 0) is 60.7 Å². The molecule has 5 aromatic rings. The summed E-state index contributed by atoms with van der Waals surface area (Å²) in [6.45, 7) is 4.03. The molecule has 0 spiro atoms. The number of aryl methyl sites for hydroxylation is 2. The number of aromatic nitrogens is 3. The van der Waals surface area contributed by atoms with Crippen LogP contribution >= 0.6 is 11.3 Å². The molecule has 3 N–H and O–H groups in total.